The number of nitrogen functional groups attached to an aromatic ring is 1. The van der Waals surface area contributed by atoms with Gasteiger partial charge in [0.25, 0.3) is 0 Å². The van der Waals surface area contributed by atoms with Gasteiger partial charge in [0.05, 0.1) is 5.02 Å². The molecule has 0 aromatic heterocycles. The van der Waals surface area contributed by atoms with Gasteiger partial charge in [-0.1, -0.05) is 29.3 Å². The van der Waals surface area contributed by atoms with E-state index in [1.807, 2.05) is 18.2 Å². The molecular weight excluding hydrogens is 274 g/mol. The molecule has 0 aliphatic carbocycles. The average molecular weight is 292 g/mol. The molecule has 0 amide bonds. The van der Waals surface area contributed by atoms with Crippen LogP contribution in [0, 0.1) is 20.8 Å². The van der Waals surface area contributed by atoms with Gasteiger partial charge in [0.1, 0.15) is 0 Å². The van der Waals surface area contributed by atoms with Gasteiger partial charge < -0.3 is 5.73 Å². The van der Waals surface area contributed by atoms with Crippen LogP contribution in [0.1, 0.15) is 22.3 Å². The zero-order chi connectivity index (χ0) is 14.0. The third-order valence-corrected chi connectivity index (χ3v) is 4.69. The van der Waals surface area contributed by atoms with Gasteiger partial charge in [-0.3, -0.25) is 0 Å². The van der Waals surface area contributed by atoms with Gasteiger partial charge in [0.15, 0.2) is 0 Å². The van der Waals surface area contributed by atoms with Crippen molar-refractivity contribution in [3.63, 3.8) is 0 Å². The summed E-state index contributed by atoms with van der Waals surface area (Å²) in [5.74, 6) is 0.918. The fourth-order valence-electron chi connectivity index (χ4n) is 2.22. The molecule has 100 valence electrons. The highest BCUT2D eigenvalue weighted by Gasteiger charge is 2.07. The van der Waals surface area contributed by atoms with Gasteiger partial charge >= 0.3 is 0 Å². The van der Waals surface area contributed by atoms with Gasteiger partial charge in [0.2, 0.25) is 0 Å². The van der Waals surface area contributed by atoms with Gasteiger partial charge in [-0.15, -0.1) is 11.8 Å². The van der Waals surface area contributed by atoms with Gasteiger partial charge in [-0.2, -0.15) is 0 Å². The monoisotopic (exact) mass is 291 g/mol. The van der Waals surface area contributed by atoms with Crippen LogP contribution in [-0.2, 0) is 5.75 Å². The molecule has 2 aromatic carbocycles. The van der Waals surface area contributed by atoms with E-state index in [0.29, 0.717) is 0 Å². The molecule has 0 heterocycles. The van der Waals surface area contributed by atoms with Crippen molar-refractivity contribution < 1.29 is 0 Å². The van der Waals surface area contributed by atoms with Gasteiger partial charge in [0, 0.05) is 16.3 Å². The summed E-state index contributed by atoms with van der Waals surface area (Å²) in [6.07, 6.45) is 0. The van der Waals surface area contributed by atoms with Crippen molar-refractivity contribution in [3.05, 3.63) is 57.6 Å². The third kappa shape index (κ3) is 3.46. The predicted molar refractivity (Wildman–Crippen MR) is 86.1 cm³/mol. The van der Waals surface area contributed by atoms with Crippen molar-refractivity contribution in [2.45, 2.75) is 31.4 Å². The molecule has 2 aromatic rings. The quantitative estimate of drug-likeness (QED) is 0.626. The second-order valence-corrected chi connectivity index (χ2v) is 6.28. The number of nitrogens with two attached hydrogens (primary N) is 1. The highest BCUT2D eigenvalue weighted by molar-refractivity contribution is 7.98. The third-order valence-electron chi connectivity index (χ3n) is 3.17. The lowest BCUT2D eigenvalue weighted by molar-refractivity contribution is 1.21. The molecule has 3 heteroatoms. The Bertz CT molecular complexity index is 585. The first-order valence-corrected chi connectivity index (χ1v) is 7.58. The standard InChI is InChI=1S/C16H18ClNS/c1-10-6-11(2)14(12(3)7-10)9-19-16-8-13(18)4-5-15(16)17/h4-8H,9,18H2,1-3H3. The maximum atomic E-state index is 6.19. The molecule has 1 nitrogen and oxygen atoms in total. The number of thioether (sulfide) groups is 1. The molecular formula is C16H18ClNS. The molecule has 0 saturated heterocycles. The summed E-state index contributed by atoms with van der Waals surface area (Å²) in [6.45, 7) is 6.46. The van der Waals surface area contributed by atoms with E-state index in [1.165, 1.54) is 22.3 Å². The summed E-state index contributed by atoms with van der Waals surface area (Å²) in [7, 11) is 0. The highest BCUT2D eigenvalue weighted by atomic mass is 35.5. The van der Waals surface area contributed by atoms with Crippen molar-refractivity contribution in [2.24, 2.45) is 0 Å². The maximum Gasteiger partial charge on any atom is 0.0543 e. The van der Waals surface area contributed by atoms with E-state index in [9.17, 15) is 0 Å². The van der Waals surface area contributed by atoms with Crippen LogP contribution in [0.2, 0.25) is 5.02 Å². The maximum absolute atomic E-state index is 6.19. The molecule has 0 saturated carbocycles. The molecule has 0 unspecified atom stereocenters. The molecule has 0 fully saturated rings. The van der Waals surface area contributed by atoms with Crippen molar-refractivity contribution in [1.29, 1.82) is 0 Å². The molecule has 0 radical (unpaired) electrons. The van der Waals surface area contributed by atoms with E-state index in [2.05, 4.69) is 32.9 Å². The lowest BCUT2D eigenvalue weighted by Gasteiger charge is -2.12. The number of aryl methyl sites for hydroxylation is 3. The highest BCUT2D eigenvalue weighted by Crippen LogP contribution is 2.33. The van der Waals surface area contributed by atoms with E-state index in [-0.39, 0.29) is 0 Å². The molecule has 0 atom stereocenters. The topological polar surface area (TPSA) is 26.0 Å². The zero-order valence-electron chi connectivity index (χ0n) is 11.5. The largest absolute Gasteiger partial charge is 0.399 e. The number of anilines is 1. The Balaban J connectivity index is 2.21. The zero-order valence-corrected chi connectivity index (χ0v) is 13.0. The molecule has 0 aliphatic rings. The minimum atomic E-state index is 0.754. The van der Waals surface area contributed by atoms with E-state index in [1.54, 1.807) is 11.8 Å². The van der Waals surface area contributed by atoms with Crippen LogP contribution in [-0.4, -0.2) is 0 Å². The number of benzene rings is 2. The first kappa shape index (κ1) is 14.3. The molecule has 2 N–H and O–H groups in total. The summed E-state index contributed by atoms with van der Waals surface area (Å²) in [5.41, 5.74) is 11.9. The Kier molecular flexibility index (Phi) is 4.43. The Morgan fingerprint density at radius 3 is 2.32 bits per heavy atom. The molecule has 19 heavy (non-hydrogen) atoms. The Hall–Kier alpha value is -1.12. The second kappa shape index (κ2) is 5.89. The van der Waals surface area contributed by atoms with Crippen LogP contribution in [0.5, 0.6) is 0 Å². The Labute approximate surface area is 124 Å². The first-order valence-electron chi connectivity index (χ1n) is 6.22. The van der Waals surface area contributed by atoms with E-state index in [4.69, 9.17) is 17.3 Å². The lowest BCUT2D eigenvalue weighted by atomic mass is 10.0. The summed E-state index contributed by atoms with van der Waals surface area (Å²) >= 11 is 7.93. The molecule has 0 bridgehead atoms. The number of rotatable bonds is 3. The second-order valence-electron chi connectivity index (χ2n) is 4.86. The van der Waals surface area contributed by atoms with Crippen molar-refractivity contribution in [2.75, 3.05) is 5.73 Å². The van der Waals surface area contributed by atoms with Crippen LogP contribution in [0.25, 0.3) is 0 Å². The smallest absolute Gasteiger partial charge is 0.0543 e. The lowest BCUT2D eigenvalue weighted by Crippen LogP contribution is -1.93. The fraction of sp³-hybridized carbons (Fsp3) is 0.250. The first-order chi connectivity index (χ1) is 8.97. The normalized spacial score (nSPS) is 10.7. The van der Waals surface area contributed by atoms with Crippen molar-refractivity contribution >= 4 is 29.1 Å². The number of hydrogen-bond acceptors (Lipinski definition) is 2. The van der Waals surface area contributed by atoms with E-state index >= 15 is 0 Å². The number of halogens is 1. The minimum Gasteiger partial charge on any atom is -0.399 e. The van der Waals surface area contributed by atoms with E-state index < -0.39 is 0 Å². The fourth-order valence-corrected chi connectivity index (χ4v) is 3.68. The van der Waals surface area contributed by atoms with Crippen LogP contribution in [0.15, 0.2) is 35.2 Å². The summed E-state index contributed by atoms with van der Waals surface area (Å²) < 4.78 is 0. The summed E-state index contributed by atoms with van der Waals surface area (Å²) in [5, 5.41) is 0.765. The molecule has 2 rings (SSSR count). The average Bonchev–Trinajstić information content (AvgIpc) is 2.32. The van der Waals surface area contributed by atoms with Crippen molar-refractivity contribution in [1.82, 2.24) is 0 Å². The number of hydrogen-bond donors (Lipinski definition) is 1. The Morgan fingerprint density at radius 1 is 1.05 bits per heavy atom. The SMILES string of the molecule is Cc1cc(C)c(CSc2cc(N)ccc2Cl)c(C)c1. The molecule has 0 spiro atoms. The summed E-state index contributed by atoms with van der Waals surface area (Å²) in [4.78, 5) is 1.04. The van der Waals surface area contributed by atoms with Gasteiger partial charge in [-0.25, -0.2) is 0 Å². The Morgan fingerprint density at radius 2 is 1.68 bits per heavy atom. The summed E-state index contributed by atoms with van der Waals surface area (Å²) in [6, 6.07) is 10.1. The van der Waals surface area contributed by atoms with Crippen LogP contribution in [0.4, 0.5) is 5.69 Å². The van der Waals surface area contributed by atoms with Crippen LogP contribution >= 0.6 is 23.4 Å². The van der Waals surface area contributed by atoms with Crippen molar-refractivity contribution in [3.8, 4) is 0 Å². The molecule has 0 aliphatic heterocycles. The predicted octanol–water partition coefficient (Wildman–Crippen LogP) is 5.14. The minimum absolute atomic E-state index is 0.754. The van der Waals surface area contributed by atoms with Crippen LogP contribution in [0.3, 0.4) is 0 Å². The van der Waals surface area contributed by atoms with Crippen LogP contribution < -0.4 is 5.73 Å². The van der Waals surface area contributed by atoms with E-state index in [0.717, 1.165) is 21.4 Å². The van der Waals surface area contributed by atoms with Gasteiger partial charge in [-0.05, 0) is 55.7 Å².